The third-order valence-corrected chi connectivity index (χ3v) is 5.40. The summed E-state index contributed by atoms with van der Waals surface area (Å²) in [6.45, 7) is 3.22. The summed E-state index contributed by atoms with van der Waals surface area (Å²) < 4.78 is 5.30. The molecule has 7 nitrogen and oxygen atoms in total. The molecule has 1 aliphatic rings. The quantitative estimate of drug-likeness (QED) is 0.706. The van der Waals surface area contributed by atoms with Gasteiger partial charge in [-0.25, -0.2) is 9.97 Å². The topological polar surface area (TPSA) is 88.2 Å². The van der Waals surface area contributed by atoms with Crippen LogP contribution >= 0.6 is 0 Å². The van der Waals surface area contributed by atoms with Crippen LogP contribution in [0.1, 0.15) is 29.3 Å². The highest BCUT2D eigenvalue weighted by atomic mass is 16.5. The zero-order valence-corrected chi connectivity index (χ0v) is 17.1. The second-order valence-electron chi connectivity index (χ2n) is 7.56. The van der Waals surface area contributed by atoms with E-state index in [-0.39, 0.29) is 17.4 Å². The predicted octanol–water partition coefficient (Wildman–Crippen LogP) is 2.71. The van der Waals surface area contributed by atoms with E-state index in [4.69, 9.17) is 4.74 Å². The number of rotatable bonds is 5. The summed E-state index contributed by atoms with van der Waals surface area (Å²) in [6, 6.07) is 13.1. The van der Waals surface area contributed by atoms with Crippen LogP contribution in [-0.2, 0) is 11.2 Å². The van der Waals surface area contributed by atoms with Gasteiger partial charge < -0.3 is 14.6 Å². The van der Waals surface area contributed by atoms with Gasteiger partial charge in [0.05, 0.1) is 24.8 Å². The molecule has 1 aromatic carbocycles. The van der Waals surface area contributed by atoms with Crippen LogP contribution < -0.4 is 10.3 Å². The van der Waals surface area contributed by atoms with Crippen LogP contribution in [0.25, 0.3) is 11.3 Å². The molecular weight excluding hydrogens is 380 g/mol. The smallest absolute Gasteiger partial charge is 0.251 e. The molecule has 7 heteroatoms. The van der Waals surface area contributed by atoms with E-state index in [9.17, 15) is 9.59 Å². The maximum Gasteiger partial charge on any atom is 0.251 e. The number of aryl methyl sites for hydroxylation is 1. The van der Waals surface area contributed by atoms with Gasteiger partial charge in [-0.1, -0.05) is 29.8 Å². The molecule has 1 saturated heterocycles. The molecular formula is C23H24N4O3. The molecule has 1 aliphatic heterocycles. The number of aromatic nitrogens is 3. The van der Waals surface area contributed by atoms with Gasteiger partial charge in [0, 0.05) is 31.3 Å². The Hall–Kier alpha value is -3.48. The summed E-state index contributed by atoms with van der Waals surface area (Å²) in [5.74, 6) is 1.09. The minimum Gasteiger partial charge on any atom is -0.481 e. The predicted molar refractivity (Wildman–Crippen MR) is 113 cm³/mol. The molecule has 154 valence electrons. The lowest BCUT2D eigenvalue weighted by Crippen LogP contribution is -2.30. The number of H-pyrrole nitrogens is 1. The minimum atomic E-state index is -0.231. The largest absolute Gasteiger partial charge is 0.481 e. The zero-order chi connectivity index (χ0) is 21.1. The van der Waals surface area contributed by atoms with Gasteiger partial charge in [-0.2, -0.15) is 0 Å². The Morgan fingerprint density at radius 1 is 1.27 bits per heavy atom. The molecule has 0 bridgehead atoms. The van der Waals surface area contributed by atoms with E-state index >= 15 is 0 Å². The van der Waals surface area contributed by atoms with E-state index in [2.05, 4.69) is 15.0 Å². The Balaban J connectivity index is 1.51. The average molecular weight is 404 g/mol. The molecule has 0 radical (unpaired) electrons. The first-order chi connectivity index (χ1) is 14.5. The fraction of sp³-hybridized carbons (Fsp3) is 0.304. The summed E-state index contributed by atoms with van der Waals surface area (Å²) in [5, 5.41) is 0. The molecule has 1 atom stereocenters. The number of methoxy groups -OCH3 is 1. The van der Waals surface area contributed by atoms with Gasteiger partial charge >= 0.3 is 0 Å². The Bertz CT molecular complexity index is 1110. The van der Waals surface area contributed by atoms with Crippen molar-refractivity contribution in [2.45, 2.75) is 25.7 Å². The maximum atomic E-state index is 12.7. The van der Waals surface area contributed by atoms with E-state index < -0.39 is 0 Å². The lowest BCUT2D eigenvalue weighted by atomic mass is 10.1. The molecule has 0 spiro atoms. The number of aromatic amines is 1. The number of carbonyl (C=O) groups excluding carboxylic acids is 1. The molecule has 1 N–H and O–H groups in total. The van der Waals surface area contributed by atoms with E-state index in [1.54, 1.807) is 12.3 Å². The van der Waals surface area contributed by atoms with Crippen LogP contribution in [0.2, 0.25) is 0 Å². The number of nitrogens with one attached hydrogen (secondary N) is 1. The fourth-order valence-corrected chi connectivity index (χ4v) is 3.76. The molecule has 2 aromatic heterocycles. The van der Waals surface area contributed by atoms with Gasteiger partial charge in [0.1, 0.15) is 5.82 Å². The van der Waals surface area contributed by atoms with Crippen LogP contribution in [0.15, 0.2) is 53.5 Å². The van der Waals surface area contributed by atoms with Crippen LogP contribution in [0.4, 0.5) is 0 Å². The van der Waals surface area contributed by atoms with E-state index in [1.807, 2.05) is 42.2 Å². The monoisotopic (exact) mass is 404 g/mol. The molecule has 3 heterocycles. The average Bonchev–Trinajstić information content (AvgIpc) is 3.25. The number of likely N-dealkylation sites (tertiary alicyclic amines) is 1. The number of amides is 1. The highest BCUT2D eigenvalue weighted by molar-refractivity contribution is 5.79. The first-order valence-electron chi connectivity index (χ1n) is 9.97. The number of hydrogen-bond donors (Lipinski definition) is 1. The fourth-order valence-electron chi connectivity index (χ4n) is 3.76. The first-order valence-corrected chi connectivity index (χ1v) is 9.97. The van der Waals surface area contributed by atoms with Gasteiger partial charge in [0.2, 0.25) is 11.8 Å². The normalized spacial score (nSPS) is 15.9. The lowest BCUT2D eigenvalue weighted by Gasteiger charge is -2.17. The number of nitrogens with zero attached hydrogens (tertiary/aromatic N) is 3. The summed E-state index contributed by atoms with van der Waals surface area (Å²) >= 11 is 0. The number of carbonyl (C=O) groups is 1. The molecule has 0 aliphatic carbocycles. The standard InChI is InChI=1S/C23H24N4O3/c1-15-5-7-16(8-6-15)12-21(29)27-11-9-17(14-27)22-25-19(13-20(28)26-22)18-4-3-10-24-23(18)30-2/h3-8,10,13,17H,9,11-12,14H2,1-2H3,(H,25,26,28)/t17-/m1/s1. The summed E-state index contributed by atoms with van der Waals surface area (Å²) in [5.41, 5.74) is 3.13. The van der Waals surface area contributed by atoms with Crippen molar-refractivity contribution in [2.24, 2.45) is 0 Å². The van der Waals surface area contributed by atoms with Gasteiger partial charge in [0.25, 0.3) is 5.56 Å². The molecule has 30 heavy (non-hydrogen) atoms. The Morgan fingerprint density at radius 3 is 2.83 bits per heavy atom. The van der Waals surface area contributed by atoms with Crippen molar-refractivity contribution in [1.82, 2.24) is 19.9 Å². The van der Waals surface area contributed by atoms with Gasteiger partial charge in [-0.3, -0.25) is 9.59 Å². The zero-order valence-electron chi connectivity index (χ0n) is 17.1. The van der Waals surface area contributed by atoms with E-state index in [0.717, 1.165) is 12.0 Å². The number of hydrogen-bond acceptors (Lipinski definition) is 5. The van der Waals surface area contributed by atoms with Crippen LogP contribution in [0, 0.1) is 6.92 Å². The Morgan fingerprint density at radius 2 is 2.07 bits per heavy atom. The van der Waals surface area contributed by atoms with E-state index in [1.165, 1.54) is 18.7 Å². The molecule has 0 unspecified atom stereocenters. The van der Waals surface area contributed by atoms with Crippen molar-refractivity contribution in [3.05, 3.63) is 76.0 Å². The molecule has 4 rings (SSSR count). The number of ether oxygens (including phenoxy) is 1. The molecule has 1 amide bonds. The van der Waals surface area contributed by atoms with Crippen molar-refractivity contribution < 1.29 is 9.53 Å². The van der Waals surface area contributed by atoms with Gasteiger partial charge in [0.15, 0.2) is 0 Å². The van der Waals surface area contributed by atoms with Gasteiger partial charge in [-0.15, -0.1) is 0 Å². The summed E-state index contributed by atoms with van der Waals surface area (Å²) in [6.07, 6.45) is 2.77. The first kappa shape index (κ1) is 19.8. The van der Waals surface area contributed by atoms with E-state index in [0.29, 0.717) is 42.5 Å². The van der Waals surface area contributed by atoms with Crippen LogP contribution in [-0.4, -0.2) is 46.0 Å². The van der Waals surface area contributed by atoms with Crippen molar-refractivity contribution >= 4 is 5.91 Å². The molecule has 0 saturated carbocycles. The van der Waals surface area contributed by atoms with Crippen LogP contribution in [0.5, 0.6) is 5.88 Å². The van der Waals surface area contributed by atoms with Crippen LogP contribution in [0.3, 0.4) is 0 Å². The maximum absolute atomic E-state index is 12.7. The van der Waals surface area contributed by atoms with Crippen molar-refractivity contribution in [3.8, 4) is 17.1 Å². The lowest BCUT2D eigenvalue weighted by molar-refractivity contribution is -0.129. The van der Waals surface area contributed by atoms with Gasteiger partial charge in [-0.05, 0) is 31.0 Å². The second-order valence-corrected chi connectivity index (χ2v) is 7.56. The highest BCUT2D eigenvalue weighted by Gasteiger charge is 2.29. The number of pyridine rings is 1. The summed E-state index contributed by atoms with van der Waals surface area (Å²) in [4.78, 5) is 38.6. The SMILES string of the molecule is COc1ncccc1-c1cc(=O)[nH]c([C@@H]2CCN(C(=O)Cc3ccc(C)cc3)C2)n1. The van der Waals surface area contributed by atoms with Crippen molar-refractivity contribution in [3.63, 3.8) is 0 Å². The molecule has 1 fully saturated rings. The van der Waals surface area contributed by atoms with Crippen molar-refractivity contribution in [1.29, 1.82) is 0 Å². The van der Waals surface area contributed by atoms with Crippen molar-refractivity contribution in [2.75, 3.05) is 20.2 Å². The summed E-state index contributed by atoms with van der Waals surface area (Å²) in [7, 11) is 1.54. The number of benzene rings is 1. The Labute approximate surface area is 174 Å². The Kier molecular flexibility index (Phi) is 5.61. The third-order valence-electron chi connectivity index (χ3n) is 5.40. The minimum absolute atomic E-state index is 0.0118. The highest BCUT2D eigenvalue weighted by Crippen LogP contribution is 2.29. The second kappa shape index (κ2) is 8.49. The third kappa shape index (κ3) is 4.25. The molecule has 3 aromatic rings.